The number of sulfone groups is 1. The number of nitrogens with one attached hydrogen (secondary N) is 1. The van der Waals surface area contributed by atoms with Crippen LogP contribution < -0.4 is 5.32 Å². The Morgan fingerprint density at radius 2 is 1.70 bits per heavy atom. The molecule has 0 spiro atoms. The van der Waals surface area contributed by atoms with E-state index in [1.165, 1.54) is 22.9 Å². The Morgan fingerprint density at radius 3 is 2.38 bits per heavy atom. The highest BCUT2D eigenvalue weighted by molar-refractivity contribution is 7.90. The molecule has 2 N–H and O–H groups in total. The fraction of sp³-hybridized carbons (Fsp3) is 0.179. The van der Waals surface area contributed by atoms with Crippen LogP contribution >= 0.6 is 34.2 Å². The van der Waals surface area contributed by atoms with Gasteiger partial charge in [0.15, 0.2) is 9.84 Å². The Bertz CT molecular complexity index is 1810. The van der Waals surface area contributed by atoms with Crippen molar-refractivity contribution in [2.75, 3.05) is 11.6 Å². The second-order valence-corrected chi connectivity index (χ2v) is 14.1. The van der Waals surface area contributed by atoms with Gasteiger partial charge < -0.3 is 9.84 Å². The third-order valence-electron chi connectivity index (χ3n) is 6.17. The molecule has 2 aromatic carbocycles. The number of fused-ring (bicyclic) bond motifs is 1. The number of anilines is 1. The number of rotatable bonds is 8. The average Bonchev–Trinajstić information content (AvgIpc) is 3.57. The van der Waals surface area contributed by atoms with Gasteiger partial charge in [0, 0.05) is 20.5 Å². The molecule has 1 amide bonds. The molecule has 0 saturated carbocycles. The van der Waals surface area contributed by atoms with Crippen LogP contribution in [0.15, 0.2) is 65.6 Å². The van der Waals surface area contributed by atoms with Gasteiger partial charge in [0.1, 0.15) is 6.10 Å². The number of amides is 1. The Hall–Kier alpha value is -3.58. The average molecular weight is 613 g/mol. The van der Waals surface area contributed by atoms with E-state index in [0.717, 1.165) is 35.9 Å². The van der Waals surface area contributed by atoms with Crippen LogP contribution in [0.25, 0.3) is 29.6 Å². The van der Waals surface area contributed by atoms with E-state index in [1.807, 2.05) is 56.3 Å². The van der Waals surface area contributed by atoms with Crippen molar-refractivity contribution >= 4 is 71.2 Å². The van der Waals surface area contributed by atoms with E-state index < -0.39 is 28.0 Å². The summed E-state index contributed by atoms with van der Waals surface area (Å²) < 4.78 is 36.7. The Labute approximate surface area is 243 Å². The molecule has 5 rings (SSSR count). The van der Waals surface area contributed by atoms with Gasteiger partial charge in [0.2, 0.25) is 0 Å². The number of ether oxygens (including phenoxy) is 1. The van der Waals surface area contributed by atoms with Gasteiger partial charge in [-0.05, 0) is 60.3 Å². The number of carbonyl (C=O) groups excluding carboxylic acids is 1. The summed E-state index contributed by atoms with van der Waals surface area (Å²) >= 11 is 4.35. The molecule has 12 heteroatoms. The molecule has 0 aliphatic rings. The van der Waals surface area contributed by atoms with E-state index in [-0.39, 0.29) is 16.9 Å². The maximum atomic E-state index is 12.7. The largest absolute Gasteiger partial charge is 0.481 e. The lowest BCUT2D eigenvalue weighted by Gasteiger charge is -2.14. The minimum atomic E-state index is -3.61. The van der Waals surface area contributed by atoms with Crippen LogP contribution in [0.2, 0.25) is 0 Å². The molecule has 0 unspecified atom stereocenters. The van der Waals surface area contributed by atoms with Crippen molar-refractivity contribution in [3.05, 3.63) is 77.5 Å². The highest BCUT2D eigenvalue weighted by Gasteiger charge is 2.21. The van der Waals surface area contributed by atoms with Gasteiger partial charge in [0.05, 0.1) is 32.5 Å². The lowest BCUT2D eigenvalue weighted by atomic mass is 10.1. The Morgan fingerprint density at radius 1 is 1.02 bits per heavy atom. The van der Waals surface area contributed by atoms with Crippen LogP contribution in [0, 0.1) is 6.92 Å². The standard InChI is InChI=1S/C28H24N2O6S4/c1-15-26(29-28(33)36-16(2)17-7-5-4-6-8-17)27(39-30-15)23-14-22-21(38-23)13-20(37-22)18-9-10-19(12-25(31)32)24(11-18)40(3,34)35/h4-11,13-14,16H,12H2,1-3H3,(H,29,33)(H,31,32)/t16-/m1/s1. The first kappa shape index (κ1) is 28.0. The summed E-state index contributed by atoms with van der Waals surface area (Å²) in [5.74, 6) is -1.09. The first-order valence-corrected chi connectivity index (χ1v) is 16.4. The summed E-state index contributed by atoms with van der Waals surface area (Å²) in [5, 5.41) is 12.0. The van der Waals surface area contributed by atoms with Crippen LogP contribution in [-0.2, 0) is 25.8 Å². The highest BCUT2D eigenvalue weighted by atomic mass is 32.2. The van der Waals surface area contributed by atoms with E-state index in [2.05, 4.69) is 9.69 Å². The van der Waals surface area contributed by atoms with E-state index in [9.17, 15) is 18.0 Å². The molecule has 0 aliphatic heterocycles. The summed E-state index contributed by atoms with van der Waals surface area (Å²) in [4.78, 5) is 26.6. The summed E-state index contributed by atoms with van der Waals surface area (Å²) in [5.41, 5.74) is 3.16. The number of carboxylic acid groups (broad SMARTS) is 1. The molecule has 0 fully saturated rings. The third-order valence-corrected chi connectivity index (χ3v) is 10.8. The molecule has 0 bridgehead atoms. The van der Waals surface area contributed by atoms with E-state index in [0.29, 0.717) is 16.9 Å². The number of aromatic nitrogens is 1. The van der Waals surface area contributed by atoms with Crippen molar-refractivity contribution in [1.29, 1.82) is 0 Å². The molecule has 5 aromatic rings. The second kappa shape index (κ2) is 11.1. The third kappa shape index (κ3) is 5.94. The molecule has 3 heterocycles. The first-order chi connectivity index (χ1) is 19.0. The monoisotopic (exact) mass is 612 g/mol. The fourth-order valence-corrected chi connectivity index (χ4v) is 8.51. The lowest BCUT2D eigenvalue weighted by molar-refractivity contribution is -0.136. The number of benzene rings is 2. The zero-order valence-corrected chi connectivity index (χ0v) is 24.9. The quantitative estimate of drug-likeness (QED) is 0.187. The Balaban J connectivity index is 1.39. The van der Waals surface area contributed by atoms with Crippen molar-refractivity contribution < 1.29 is 27.9 Å². The van der Waals surface area contributed by atoms with Crippen molar-refractivity contribution in [1.82, 2.24) is 4.37 Å². The van der Waals surface area contributed by atoms with Gasteiger partial charge in [-0.2, -0.15) is 4.37 Å². The zero-order valence-electron chi connectivity index (χ0n) is 21.6. The molecular weight excluding hydrogens is 589 g/mol. The van der Waals surface area contributed by atoms with Gasteiger partial charge in [0.25, 0.3) is 0 Å². The number of carboxylic acids is 1. The Kier molecular flexibility index (Phi) is 7.78. The maximum Gasteiger partial charge on any atom is 0.412 e. The number of hydrogen-bond donors (Lipinski definition) is 2. The second-order valence-electron chi connectivity index (χ2n) is 9.17. The summed E-state index contributed by atoms with van der Waals surface area (Å²) in [6, 6.07) is 18.4. The molecule has 0 saturated heterocycles. The minimum Gasteiger partial charge on any atom is -0.481 e. The van der Waals surface area contributed by atoms with Crippen LogP contribution in [0.4, 0.5) is 10.5 Å². The van der Waals surface area contributed by atoms with Gasteiger partial charge in [-0.1, -0.05) is 42.5 Å². The molecule has 1 atom stereocenters. The number of nitrogens with zero attached hydrogens (tertiary/aromatic N) is 1. The van der Waals surface area contributed by atoms with Crippen molar-refractivity contribution in [2.45, 2.75) is 31.3 Å². The van der Waals surface area contributed by atoms with Crippen LogP contribution in [0.3, 0.4) is 0 Å². The number of aliphatic carboxylic acids is 1. The molecule has 0 radical (unpaired) electrons. The topological polar surface area (TPSA) is 123 Å². The lowest BCUT2D eigenvalue weighted by Crippen LogP contribution is -2.16. The van der Waals surface area contributed by atoms with Gasteiger partial charge in [-0.25, -0.2) is 13.2 Å². The van der Waals surface area contributed by atoms with Crippen molar-refractivity contribution in [3.63, 3.8) is 0 Å². The predicted octanol–water partition coefficient (Wildman–Crippen LogP) is 7.40. The van der Waals surface area contributed by atoms with E-state index >= 15 is 0 Å². The zero-order chi connectivity index (χ0) is 28.6. The van der Waals surface area contributed by atoms with Gasteiger partial charge >= 0.3 is 12.1 Å². The minimum absolute atomic E-state index is 0.0224. The summed E-state index contributed by atoms with van der Waals surface area (Å²) in [7, 11) is -3.61. The van der Waals surface area contributed by atoms with Crippen molar-refractivity contribution in [2.24, 2.45) is 0 Å². The normalized spacial score (nSPS) is 12.4. The predicted molar refractivity (Wildman–Crippen MR) is 160 cm³/mol. The molecular formula is C28H24N2O6S4. The number of aryl methyl sites for hydroxylation is 1. The fourth-order valence-electron chi connectivity index (χ4n) is 4.22. The molecule has 40 heavy (non-hydrogen) atoms. The molecule has 3 aromatic heterocycles. The van der Waals surface area contributed by atoms with Crippen LogP contribution in [0.5, 0.6) is 0 Å². The van der Waals surface area contributed by atoms with Crippen LogP contribution in [-0.4, -0.2) is 36.2 Å². The number of thiophene rings is 2. The SMILES string of the molecule is Cc1nsc(-c2cc3sc(-c4ccc(CC(=O)O)c(S(C)(=O)=O)c4)cc3s2)c1NC(=O)O[C@H](C)c1ccccc1. The van der Waals surface area contributed by atoms with E-state index in [4.69, 9.17) is 9.84 Å². The molecule has 206 valence electrons. The number of hydrogen-bond acceptors (Lipinski definition) is 9. The first-order valence-electron chi connectivity index (χ1n) is 12.1. The molecule has 0 aliphatic carbocycles. The highest BCUT2D eigenvalue weighted by Crippen LogP contribution is 2.45. The smallest absolute Gasteiger partial charge is 0.412 e. The number of carbonyl (C=O) groups is 2. The van der Waals surface area contributed by atoms with Crippen molar-refractivity contribution in [3.8, 4) is 20.2 Å². The summed E-state index contributed by atoms with van der Waals surface area (Å²) in [6.45, 7) is 3.65. The van der Waals surface area contributed by atoms with E-state index in [1.54, 1.807) is 29.5 Å². The van der Waals surface area contributed by atoms with Gasteiger partial charge in [-0.15, -0.1) is 22.7 Å². The summed E-state index contributed by atoms with van der Waals surface area (Å²) in [6.07, 6.45) is -0.259. The van der Waals surface area contributed by atoms with Gasteiger partial charge in [-0.3, -0.25) is 10.1 Å². The van der Waals surface area contributed by atoms with Crippen LogP contribution in [0.1, 0.15) is 29.8 Å². The molecule has 8 nitrogen and oxygen atoms in total. The maximum absolute atomic E-state index is 12.7.